The fourth-order valence-corrected chi connectivity index (χ4v) is 2.90. The molecule has 2 rings (SSSR count). The van der Waals surface area contributed by atoms with E-state index in [0.717, 1.165) is 6.42 Å². The first-order valence-electron chi connectivity index (χ1n) is 5.93. The molecule has 1 nitrogen and oxygen atoms in total. The minimum atomic E-state index is 0.105. The van der Waals surface area contributed by atoms with Crippen molar-refractivity contribution in [3.8, 4) is 0 Å². The van der Waals surface area contributed by atoms with Crippen molar-refractivity contribution in [3.63, 3.8) is 0 Å². The van der Waals surface area contributed by atoms with Gasteiger partial charge in [-0.25, -0.2) is 0 Å². The summed E-state index contributed by atoms with van der Waals surface area (Å²) < 4.78 is 0. The Morgan fingerprint density at radius 1 is 1.12 bits per heavy atom. The Hall–Kier alpha value is -1.12. The molecule has 1 heterocycles. The fourth-order valence-electron chi connectivity index (χ4n) is 2.14. The quantitative estimate of drug-likeness (QED) is 0.871. The zero-order valence-corrected chi connectivity index (χ0v) is 11.5. The molecule has 0 radical (unpaired) electrons. The standard InChI is InChI=1S/C15H19NS/c1-10-7-12(3)14(8-11(10)2)15(16)9-13-5-4-6-17-13/h4-8,15H,9,16H2,1-3H3. The SMILES string of the molecule is Cc1cc(C)c(C(N)Cc2cccs2)cc1C. The van der Waals surface area contributed by atoms with Crippen LogP contribution < -0.4 is 5.73 Å². The lowest BCUT2D eigenvalue weighted by Gasteiger charge is -2.16. The van der Waals surface area contributed by atoms with Crippen LogP contribution in [0, 0.1) is 20.8 Å². The first kappa shape index (κ1) is 12.3. The molecule has 1 unspecified atom stereocenters. The van der Waals surface area contributed by atoms with Gasteiger partial charge in [0.25, 0.3) is 0 Å². The predicted molar refractivity (Wildman–Crippen MR) is 75.6 cm³/mol. The van der Waals surface area contributed by atoms with Gasteiger partial charge in [-0.15, -0.1) is 11.3 Å². The van der Waals surface area contributed by atoms with Gasteiger partial charge in [-0.05, 0) is 54.5 Å². The molecule has 0 saturated heterocycles. The van der Waals surface area contributed by atoms with Crippen LogP contribution in [0.2, 0.25) is 0 Å². The number of aryl methyl sites for hydroxylation is 3. The number of hydrogen-bond acceptors (Lipinski definition) is 2. The van der Waals surface area contributed by atoms with E-state index in [2.05, 4.69) is 50.4 Å². The Labute approximate surface area is 107 Å². The van der Waals surface area contributed by atoms with Crippen LogP contribution in [0.5, 0.6) is 0 Å². The number of rotatable bonds is 3. The van der Waals surface area contributed by atoms with Crippen LogP contribution >= 0.6 is 11.3 Å². The van der Waals surface area contributed by atoms with Crippen LogP contribution in [-0.2, 0) is 6.42 Å². The van der Waals surface area contributed by atoms with Crippen molar-refractivity contribution in [2.75, 3.05) is 0 Å². The van der Waals surface area contributed by atoms with Crippen molar-refractivity contribution in [3.05, 3.63) is 56.8 Å². The highest BCUT2D eigenvalue weighted by atomic mass is 32.1. The molecule has 1 aromatic heterocycles. The summed E-state index contributed by atoms with van der Waals surface area (Å²) in [6.45, 7) is 6.45. The first-order valence-corrected chi connectivity index (χ1v) is 6.81. The van der Waals surface area contributed by atoms with Gasteiger partial charge < -0.3 is 5.73 Å². The van der Waals surface area contributed by atoms with Gasteiger partial charge in [-0.3, -0.25) is 0 Å². The highest BCUT2D eigenvalue weighted by molar-refractivity contribution is 7.09. The van der Waals surface area contributed by atoms with Gasteiger partial charge in [0.1, 0.15) is 0 Å². The van der Waals surface area contributed by atoms with E-state index in [1.54, 1.807) is 11.3 Å². The molecule has 2 heteroatoms. The number of benzene rings is 1. The lowest BCUT2D eigenvalue weighted by Crippen LogP contribution is -2.14. The van der Waals surface area contributed by atoms with Crippen LogP contribution in [0.3, 0.4) is 0 Å². The van der Waals surface area contributed by atoms with Crippen molar-refractivity contribution in [1.82, 2.24) is 0 Å². The molecule has 2 N–H and O–H groups in total. The van der Waals surface area contributed by atoms with Gasteiger partial charge in [-0.2, -0.15) is 0 Å². The Balaban J connectivity index is 2.24. The molecule has 0 spiro atoms. The maximum atomic E-state index is 6.31. The molecular weight excluding hydrogens is 226 g/mol. The van der Waals surface area contributed by atoms with E-state index >= 15 is 0 Å². The molecule has 1 atom stereocenters. The summed E-state index contributed by atoms with van der Waals surface area (Å²) in [5.74, 6) is 0. The van der Waals surface area contributed by atoms with Gasteiger partial charge in [0.2, 0.25) is 0 Å². The van der Waals surface area contributed by atoms with E-state index in [4.69, 9.17) is 5.73 Å². The topological polar surface area (TPSA) is 26.0 Å². The second kappa shape index (κ2) is 5.03. The minimum absolute atomic E-state index is 0.105. The van der Waals surface area contributed by atoms with Crippen LogP contribution in [0.1, 0.15) is 33.2 Å². The zero-order chi connectivity index (χ0) is 12.4. The summed E-state index contributed by atoms with van der Waals surface area (Å²) in [5, 5.41) is 2.11. The van der Waals surface area contributed by atoms with Crippen LogP contribution in [0.15, 0.2) is 29.6 Å². The van der Waals surface area contributed by atoms with Crippen LogP contribution in [-0.4, -0.2) is 0 Å². The van der Waals surface area contributed by atoms with Gasteiger partial charge in [-0.1, -0.05) is 18.2 Å². The molecule has 0 aliphatic carbocycles. The molecule has 0 amide bonds. The molecular formula is C15H19NS. The second-order valence-electron chi connectivity index (χ2n) is 4.68. The normalized spacial score (nSPS) is 12.7. The van der Waals surface area contributed by atoms with Crippen LogP contribution in [0.4, 0.5) is 0 Å². The monoisotopic (exact) mass is 245 g/mol. The zero-order valence-electron chi connectivity index (χ0n) is 10.7. The summed E-state index contributed by atoms with van der Waals surface area (Å²) in [7, 11) is 0. The Morgan fingerprint density at radius 2 is 1.82 bits per heavy atom. The highest BCUT2D eigenvalue weighted by Crippen LogP contribution is 2.24. The molecule has 0 aliphatic heterocycles. The summed E-state index contributed by atoms with van der Waals surface area (Å²) in [6.07, 6.45) is 0.932. The van der Waals surface area contributed by atoms with E-state index in [-0.39, 0.29) is 6.04 Å². The molecule has 0 saturated carbocycles. The third kappa shape index (κ3) is 2.76. The average molecular weight is 245 g/mol. The van der Waals surface area contributed by atoms with Crippen LogP contribution in [0.25, 0.3) is 0 Å². The van der Waals surface area contributed by atoms with Crippen molar-refractivity contribution >= 4 is 11.3 Å². The molecule has 0 bridgehead atoms. The van der Waals surface area contributed by atoms with Gasteiger partial charge in [0.15, 0.2) is 0 Å². The fraction of sp³-hybridized carbons (Fsp3) is 0.333. The summed E-state index contributed by atoms with van der Waals surface area (Å²) in [4.78, 5) is 1.36. The lowest BCUT2D eigenvalue weighted by molar-refractivity contribution is 0.723. The minimum Gasteiger partial charge on any atom is -0.324 e. The Kier molecular flexibility index (Phi) is 3.65. The van der Waals surface area contributed by atoms with Crippen molar-refractivity contribution < 1.29 is 0 Å². The third-order valence-electron chi connectivity index (χ3n) is 3.28. The van der Waals surface area contributed by atoms with E-state index < -0.39 is 0 Å². The second-order valence-corrected chi connectivity index (χ2v) is 5.72. The third-order valence-corrected chi connectivity index (χ3v) is 4.18. The number of nitrogens with two attached hydrogens (primary N) is 1. The van der Waals surface area contributed by atoms with Crippen molar-refractivity contribution in [2.45, 2.75) is 33.2 Å². The van der Waals surface area contributed by atoms with Crippen molar-refractivity contribution in [1.29, 1.82) is 0 Å². The first-order chi connectivity index (χ1) is 8.08. The lowest BCUT2D eigenvalue weighted by atomic mass is 9.94. The maximum Gasteiger partial charge on any atom is 0.0346 e. The maximum absolute atomic E-state index is 6.31. The molecule has 90 valence electrons. The molecule has 1 aromatic carbocycles. The highest BCUT2D eigenvalue weighted by Gasteiger charge is 2.11. The Bertz CT molecular complexity index is 500. The van der Waals surface area contributed by atoms with E-state index in [9.17, 15) is 0 Å². The smallest absolute Gasteiger partial charge is 0.0346 e. The summed E-state index contributed by atoms with van der Waals surface area (Å²) in [6, 6.07) is 8.82. The van der Waals surface area contributed by atoms with Gasteiger partial charge in [0.05, 0.1) is 0 Å². The Morgan fingerprint density at radius 3 is 2.47 bits per heavy atom. The predicted octanol–water partition coefficient (Wildman–Crippen LogP) is 3.92. The van der Waals surface area contributed by atoms with E-state index in [1.807, 2.05) is 0 Å². The van der Waals surface area contributed by atoms with Crippen molar-refractivity contribution in [2.24, 2.45) is 5.73 Å². The number of thiophene rings is 1. The van der Waals surface area contributed by atoms with Gasteiger partial charge in [0, 0.05) is 17.3 Å². The molecule has 17 heavy (non-hydrogen) atoms. The van der Waals surface area contributed by atoms with Gasteiger partial charge >= 0.3 is 0 Å². The number of hydrogen-bond donors (Lipinski definition) is 1. The molecule has 2 aromatic rings. The summed E-state index contributed by atoms with van der Waals surface area (Å²) in [5.41, 5.74) is 11.6. The molecule has 0 fully saturated rings. The largest absolute Gasteiger partial charge is 0.324 e. The van der Waals surface area contributed by atoms with E-state index in [1.165, 1.54) is 27.1 Å². The summed E-state index contributed by atoms with van der Waals surface area (Å²) >= 11 is 1.78. The van der Waals surface area contributed by atoms with E-state index in [0.29, 0.717) is 0 Å². The molecule has 0 aliphatic rings. The average Bonchev–Trinajstić information content (AvgIpc) is 2.76.